The van der Waals surface area contributed by atoms with Gasteiger partial charge in [-0.15, -0.1) is 12.6 Å². The molecule has 0 aliphatic carbocycles. The van der Waals surface area contributed by atoms with Crippen molar-refractivity contribution >= 4 is 18.5 Å². The minimum Gasteiger partial charge on any atom is -0.336 e. The highest BCUT2D eigenvalue weighted by atomic mass is 32.1. The molecule has 0 spiro atoms. The number of hydrogen-bond donors (Lipinski definition) is 1. The van der Waals surface area contributed by atoms with Gasteiger partial charge in [-0.25, -0.2) is 0 Å². The Morgan fingerprint density at radius 1 is 1.32 bits per heavy atom. The van der Waals surface area contributed by atoms with Crippen molar-refractivity contribution in [2.45, 2.75) is 31.2 Å². The number of thiol groups is 1. The number of carbonyl (C=O) groups excluding carboxylic acids is 1. The van der Waals surface area contributed by atoms with Crippen LogP contribution in [0.1, 0.15) is 30.6 Å². The first-order valence-corrected chi connectivity index (χ1v) is 7.39. The maximum atomic E-state index is 12.4. The standard InChI is InChI=1S/C15H22N2OS/c1-3-12(2)16-7-9-17(10-8-16)15(18)13-5-4-6-14(19)11-13/h4-6,11-12,19H,3,7-10H2,1-2H3. The van der Waals surface area contributed by atoms with Crippen LogP contribution in [0.3, 0.4) is 0 Å². The second kappa shape index (κ2) is 6.44. The van der Waals surface area contributed by atoms with Crippen LogP contribution < -0.4 is 0 Å². The molecule has 1 heterocycles. The fraction of sp³-hybridized carbons (Fsp3) is 0.533. The molecule has 1 aliphatic heterocycles. The Bertz CT molecular complexity index is 442. The molecule has 1 aromatic carbocycles. The van der Waals surface area contributed by atoms with Crippen molar-refractivity contribution < 1.29 is 4.79 Å². The van der Waals surface area contributed by atoms with Gasteiger partial charge in [-0.1, -0.05) is 13.0 Å². The lowest BCUT2D eigenvalue weighted by atomic mass is 10.1. The van der Waals surface area contributed by atoms with E-state index in [1.54, 1.807) is 0 Å². The van der Waals surface area contributed by atoms with Gasteiger partial charge in [0.05, 0.1) is 0 Å². The zero-order valence-electron chi connectivity index (χ0n) is 11.7. The summed E-state index contributed by atoms with van der Waals surface area (Å²) in [6.07, 6.45) is 1.16. The predicted molar refractivity (Wildman–Crippen MR) is 80.9 cm³/mol. The van der Waals surface area contributed by atoms with E-state index in [9.17, 15) is 4.79 Å². The van der Waals surface area contributed by atoms with Gasteiger partial charge < -0.3 is 4.90 Å². The first kappa shape index (κ1) is 14.4. The maximum Gasteiger partial charge on any atom is 0.253 e. The molecule has 0 saturated carbocycles. The van der Waals surface area contributed by atoms with E-state index in [0.29, 0.717) is 6.04 Å². The summed E-state index contributed by atoms with van der Waals surface area (Å²) in [5.74, 6) is 0.125. The van der Waals surface area contributed by atoms with E-state index in [4.69, 9.17) is 0 Å². The average molecular weight is 278 g/mol. The number of benzene rings is 1. The van der Waals surface area contributed by atoms with Gasteiger partial charge in [0.2, 0.25) is 0 Å². The first-order chi connectivity index (χ1) is 9.11. The molecule has 1 atom stereocenters. The minimum atomic E-state index is 0.125. The fourth-order valence-electron chi connectivity index (χ4n) is 2.45. The van der Waals surface area contributed by atoms with Gasteiger partial charge in [-0.05, 0) is 31.5 Å². The monoisotopic (exact) mass is 278 g/mol. The highest BCUT2D eigenvalue weighted by molar-refractivity contribution is 7.80. The predicted octanol–water partition coefficient (Wildman–Crippen LogP) is 2.53. The SMILES string of the molecule is CCC(C)N1CCN(C(=O)c2cccc(S)c2)CC1. The minimum absolute atomic E-state index is 0.125. The molecule has 0 bridgehead atoms. The van der Waals surface area contributed by atoms with Crippen molar-refractivity contribution in [3.05, 3.63) is 29.8 Å². The van der Waals surface area contributed by atoms with Gasteiger partial charge in [-0.2, -0.15) is 0 Å². The molecule has 0 radical (unpaired) electrons. The van der Waals surface area contributed by atoms with Crippen molar-refractivity contribution in [3.63, 3.8) is 0 Å². The lowest BCUT2D eigenvalue weighted by Crippen LogP contribution is -2.51. The molecule has 104 valence electrons. The molecular weight excluding hydrogens is 256 g/mol. The van der Waals surface area contributed by atoms with E-state index >= 15 is 0 Å². The normalized spacial score (nSPS) is 18.4. The molecule has 4 heteroatoms. The number of nitrogens with zero attached hydrogens (tertiary/aromatic N) is 2. The topological polar surface area (TPSA) is 23.6 Å². The van der Waals surface area contributed by atoms with Crippen LogP contribution in [-0.4, -0.2) is 47.9 Å². The van der Waals surface area contributed by atoms with Gasteiger partial charge in [0.1, 0.15) is 0 Å². The van der Waals surface area contributed by atoms with Crippen molar-refractivity contribution in [2.75, 3.05) is 26.2 Å². The van der Waals surface area contributed by atoms with Crippen molar-refractivity contribution in [1.82, 2.24) is 9.80 Å². The zero-order chi connectivity index (χ0) is 13.8. The van der Waals surface area contributed by atoms with E-state index in [1.165, 1.54) is 0 Å². The van der Waals surface area contributed by atoms with Crippen LogP contribution in [0.5, 0.6) is 0 Å². The third-order valence-electron chi connectivity index (χ3n) is 3.91. The first-order valence-electron chi connectivity index (χ1n) is 6.94. The smallest absolute Gasteiger partial charge is 0.253 e. The Labute approximate surface area is 121 Å². The Morgan fingerprint density at radius 3 is 2.58 bits per heavy atom. The molecule has 1 aromatic rings. The number of rotatable bonds is 3. The Morgan fingerprint density at radius 2 is 2.00 bits per heavy atom. The molecule has 2 rings (SSSR count). The molecule has 1 amide bonds. The Balaban J connectivity index is 1.96. The highest BCUT2D eigenvalue weighted by Crippen LogP contribution is 2.14. The fourth-order valence-corrected chi connectivity index (χ4v) is 2.67. The summed E-state index contributed by atoms with van der Waals surface area (Å²) in [6.45, 7) is 8.05. The van der Waals surface area contributed by atoms with Crippen LogP contribution >= 0.6 is 12.6 Å². The largest absolute Gasteiger partial charge is 0.336 e. The van der Waals surface area contributed by atoms with E-state index in [0.717, 1.165) is 43.1 Å². The van der Waals surface area contributed by atoms with Crippen LogP contribution in [0.25, 0.3) is 0 Å². The second-order valence-corrected chi connectivity index (χ2v) is 5.65. The van der Waals surface area contributed by atoms with Crippen LogP contribution in [0.2, 0.25) is 0 Å². The summed E-state index contributed by atoms with van der Waals surface area (Å²) in [6, 6.07) is 8.08. The van der Waals surface area contributed by atoms with E-state index in [2.05, 4.69) is 31.4 Å². The lowest BCUT2D eigenvalue weighted by Gasteiger charge is -2.37. The van der Waals surface area contributed by atoms with E-state index in [1.807, 2.05) is 29.2 Å². The van der Waals surface area contributed by atoms with Gasteiger partial charge >= 0.3 is 0 Å². The van der Waals surface area contributed by atoms with Crippen molar-refractivity contribution in [1.29, 1.82) is 0 Å². The van der Waals surface area contributed by atoms with E-state index < -0.39 is 0 Å². The Hall–Kier alpha value is -1.00. The summed E-state index contributed by atoms with van der Waals surface area (Å²) < 4.78 is 0. The molecule has 3 nitrogen and oxygen atoms in total. The van der Waals surface area contributed by atoms with Crippen LogP contribution in [0.15, 0.2) is 29.2 Å². The molecule has 1 saturated heterocycles. The second-order valence-electron chi connectivity index (χ2n) is 5.14. The Kier molecular flexibility index (Phi) is 4.88. The quantitative estimate of drug-likeness (QED) is 0.859. The van der Waals surface area contributed by atoms with Gasteiger partial charge in [0.15, 0.2) is 0 Å². The summed E-state index contributed by atoms with van der Waals surface area (Å²) in [4.78, 5) is 17.6. The molecule has 1 fully saturated rings. The van der Waals surface area contributed by atoms with Crippen molar-refractivity contribution in [3.8, 4) is 0 Å². The molecule has 1 aliphatic rings. The van der Waals surface area contributed by atoms with Gasteiger partial charge in [-0.3, -0.25) is 9.69 Å². The average Bonchev–Trinajstić information content (AvgIpc) is 2.46. The third kappa shape index (κ3) is 3.51. The molecule has 1 unspecified atom stereocenters. The maximum absolute atomic E-state index is 12.4. The number of hydrogen-bond acceptors (Lipinski definition) is 3. The highest BCUT2D eigenvalue weighted by Gasteiger charge is 2.23. The number of amides is 1. The molecule has 0 N–H and O–H groups in total. The van der Waals surface area contributed by atoms with Crippen LogP contribution in [-0.2, 0) is 0 Å². The zero-order valence-corrected chi connectivity index (χ0v) is 12.6. The summed E-state index contributed by atoms with van der Waals surface area (Å²) in [5, 5.41) is 0. The summed E-state index contributed by atoms with van der Waals surface area (Å²) >= 11 is 4.29. The van der Waals surface area contributed by atoms with E-state index in [-0.39, 0.29) is 5.91 Å². The number of carbonyl (C=O) groups is 1. The third-order valence-corrected chi connectivity index (χ3v) is 4.19. The molecule has 0 aromatic heterocycles. The van der Waals surface area contributed by atoms with Gasteiger partial charge in [0.25, 0.3) is 5.91 Å². The summed E-state index contributed by atoms with van der Waals surface area (Å²) in [7, 11) is 0. The molecular formula is C15H22N2OS. The molecule has 19 heavy (non-hydrogen) atoms. The number of piperazine rings is 1. The lowest BCUT2D eigenvalue weighted by molar-refractivity contribution is 0.0579. The van der Waals surface area contributed by atoms with Crippen LogP contribution in [0.4, 0.5) is 0 Å². The van der Waals surface area contributed by atoms with Gasteiger partial charge in [0, 0.05) is 42.7 Å². The summed E-state index contributed by atoms with van der Waals surface area (Å²) in [5.41, 5.74) is 0.740. The van der Waals surface area contributed by atoms with Crippen LogP contribution in [0, 0.1) is 0 Å². The van der Waals surface area contributed by atoms with Crippen molar-refractivity contribution in [2.24, 2.45) is 0 Å².